The summed E-state index contributed by atoms with van der Waals surface area (Å²) in [6.07, 6.45) is 0.0167. The molecular weight excluding hydrogens is 456 g/mol. The molecule has 7 nitrogen and oxygen atoms in total. The molecule has 0 aromatic heterocycles. The molecule has 7 heteroatoms. The van der Waals surface area contributed by atoms with Gasteiger partial charge in [0, 0.05) is 12.8 Å². The van der Waals surface area contributed by atoms with E-state index < -0.39 is 30.1 Å². The van der Waals surface area contributed by atoms with Gasteiger partial charge in [0.2, 0.25) is 5.91 Å². The second-order valence-electron chi connectivity index (χ2n) is 8.93. The van der Waals surface area contributed by atoms with Crippen LogP contribution in [0.1, 0.15) is 27.8 Å². The Labute approximate surface area is 211 Å². The molecule has 2 atom stereocenters. The molecule has 0 aliphatic carbocycles. The van der Waals surface area contributed by atoms with Crippen molar-refractivity contribution in [1.82, 2.24) is 10.2 Å². The van der Waals surface area contributed by atoms with Crippen molar-refractivity contribution >= 4 is 18.0 Å². The lowest BCUT2D eigenvalue weighted by Crippen LogP contribution is -2.56. The van der Waals surface area contributed by atoms with Crippen molar-refractivity contribution in [3.63, 3.8) is 0 Å². The van der Waals surface area contributed by atoms with Gasteiger partial charge in [-0.3, -0.25) is 9.69 Å². The molecule has 2 amide bonds. The van der Waals surface area contributed by atoms with Gasteiger partial charge < -0.3 is 14.8 Å². The normalized spacial score (nSPS) is 15.4. The topological polar surface area (TPSA) is 84.9 Å². The number of ether oxygens (including phenoxy) is 2. The number of benzene rings is 3. The Balaban J connectivity index is 1.52. The number of hydrogen-bond acceptors (Lipinski definition) is 5. The van der Waals surface area contributed by atoms with Gasteiger partial charge in [-0.25, -0.2) is 9.59 Å². The molecule has 0 spiro atoms. The van der Waals surface area contributed by atoms with Crippen LogP contribution in [-0.4, -0.2) is 42.1 Å². The minimum atomic E-state index is -0.885. The number of carbonyl (C=O) groups excluding carboxylic acids is 3. The highest BCUT2D eigenvalue weighted by atomic mass is 16.6. The number of hydrogen-bond donors (Lipinski definition) is 1. The average molecular weight is 487 g/mol. The van der Waals surface area contributed by atoms with Crippen LogP contribution in [0.15, 0.2) is 78.9 Å². The van der Waals surface area contributed by atoms with Gasteiger partial charge in [-0.15, -0.1) is 0 Å². The van der Waals surface area contributed by atoms with E-state index in [9.17, 15) is 14.4 Å². The Kier molecular flexibility index (Phi) is 8.00. The van der Waals surface area contributed by atoms with Crippen LogP contribution in [0, 0.1) is 6.92 Å². The van der Waals surface area contributed by atoms with Crippen molar-refractivity contribution in [2.45, 2.75) is 45.0 Å². The molecule has 0 fully saturated rings. The fraction of sp³-hybridized carbons (Fsp3) is 0.276. The lowest BCUT2D eigenvalue weighted by atomic mass is 9.93. The van der Waals surface area contributed by atoms with Crippen LogP contribution in [-0.2, 0) is 45.1 Å². The third-order valence-corrected chi connectivity index (χ3v) is 6.35. The van der Waals surface area contributed by atoms with Crippen LogP contribution in [0.25, 0.3) is 0 Å². The lowest BCUT2D eigenvalue weighted by molar-refractivity contribution is -0.145. The fourth-order valence-corrected chi connectivity index (χ4v) is 4.31. The first kappa shape index (κ1) is 25.0. The minimum Gasteiger partial charge on any atom is -0.467 e. The van der Waals surface area contributed by atoms with Gasteiger partial charge in [0.1, 0.15) is 18.7 Å². The monoisotopic (exact) mass is 486 g/mol. The summed E-state index contributed by atoms with van der Waals surface area (Å²) in [6, 6.07) is 23.1. The smallest absolute Gasteiger partial charge is 0.411 e. The Morgan fingerprint density at radius 1 is 0.917 bits per heavy atom. The Morgan fingerprint density at radius 2 is 1.58 bits per heavy atom. The highest BCUT2D eigenvalue weighted by Crippen LogP contribution is 2.25. The van der Waals surface area contributed by atoms with Crippen LogP contribution in [0.4, 0.5) is 4.79 Å². The third kappa shape index (κ3) is 6.10. The van der Waals surface area contributed by atoms with E-state index in [4.69, 9.17) is 9.47 Å². The van der Waals surface area contributed by atoms with Gasteiger partial charge in [-0.1, -0.05) is 84.4 Å². The number of nitrogens with one attached hydrogen (secondary N) is 1. The maximum Gasteiger partial charge on any atom is 0.411 e. The van der Waals surface area contributed by atoms with Gasteiger partial charge in [-0.2, -0.15) is 0 Å². The van der Waals surface area contributed by atoms with Crippen molar-refractivity contribution in [3.05, 3.63) is 107 Å². The first-order valence-corrected chi connectivity index (χ1v) is 11.9. The number of amides is 2. The zero-order valence-electron chi connectivity index (χ0n) is 20.5. The molecule has 36 heavy (non-hydrogen) atoms. The summed E-state index contributed by atoms with van der Waals surface area (Å²) in [6.45, 7) is 2.32. The summed E-state index contributed by atoms with van der Waals surface area (Å²) in [5, 5.41) is 2.83. The number of esters is 1. The highest BCUT2D eigenvalue weighted by molar-refractivity contribution is 5.90. The quantitative estimate of drug-likeness (QED) is 0.511. The first-order chi connectivity index (χ1) is 17.4. The van der Waals surface area contributed by atoms with E-state index in [0.29, 0.717) is 6.42 Å². The van der Waals surface area contributed by atoms with Crippen molar-refractivity contribution in [3.8, 4) is 0 Å². The number of nitrogens with zero attached hydrogens (tertiary/aromatic N) is 1. The summed E-state index contributed by atoms with van der Waals surface area (Å²) < 4.78 is 10.5. The number of rotatable bonds is 7. The molecule has 4 rings (SSSR count). The number of methoxy groups -OCH3 is 1. The second kappa shape index (κ2) is 11.5. The van der Waals surface area contributed by atoms with E-state index in [1.807, 2.05) is 85.8 Å². The molecule has 1 aliphatic heterocycles. The number of fused-ring (bicyclic) bond motifs is 1. The zero-order chi connectivity index (χ0) is 25.5. The van der Waals surface area contributed by atoms with Crippen molar-refractivity contribution in [2.75, 3.05) is 7.11 Å². The maximum absolute atomic E-state index is 13.5. The largest absolute Gasteiger partial charge is 0.467 e. The van der Waals surface area contributed by atoms with E-state index in [0.717, 1.165) is 27.8 Å². The van der Waals surface area contributed by atoms with E-state index in [1.165, 1.54) is 12.0 Å². The molecule has 186 valence electrons. The van der Waals surface area contributed by atoms with E-state index in [2.05, 4.69) is 5.32 Å². The summed E-state index contributed by atoms with van der Waals surface area (Å²) in [4.78, 5) is 40.6. The second-order valence-corrected chi connectivity index (χ2v) is 8.93. The average Bonchev–Trinajstić information content (AvgIpc) is 2.91. The third-order valence-electron chi connectivity index (χ3n) is 6.35. The summed E-state index contributed by atoms with van der Waals surface area (Å²) >= 11 is 0. The Morgan fingerprint density at radius 3 is 2.28 bits per heavy atom. The molecule has 3 aromatic carbocycles. The standard InChI is InChI=1S/C29H30N2O5/c1-20-12-14-21(15-13-20)16-25(28(33)35-2)30-27(32)26-17-23-10-6-7-11-24(23)18-31(26)29(34)36-19-22-8-4-3-5-9-22/h3-15,25-26H,16-19H2,1-2H3,(H,30,32)/t25-,26-/m0/s1. The molecule has 1 N–H and O–H groups in total. The molecule has 0 unspecified atom stereocenters. The van der Waals surface area contributed by atoms with E-state index in [-0.39, 0.29) is 19.6 Å². The predicted octanol–water partition coefficient (Wildman–Crippen LogP) is 3.96. The molecule has 1 heterocycles. The Bertz CT molecular complexity index is 1210. The molecule has 3 aromatic rings. The van der Waals surface area contributed by atoms with Gasteiger partial charge in [0.25, 0.3) is 0 Å². The highest BCUT2D eigenvalue weighted by Gasteiger charge is 2.37. The minimum absolute atomic E-state index is 0.102. The van der Waals surface area contributed by atoms with E-state index >= 15 is 0 Å². The molecular formula is C29H30N2O5. The number of carbonyl (C=O) groups is 3. The van der Waals surface area contributed by atoms with Crippen LogP contribution in [0.3, 0.4) is 0 Å². The molecule has 0 radical (unpaired) electrons. The summed E-state index contributed by atoms with van der Waals surface area (Å²) in [7, 11) is 1.29. The summed E-state index contributed by atoms with van der Waals surface area (Å²) in [5.41, 5.74) is 4.79. The first-order valence-electron chi connectivity index (χ1n) is 11.9. The molecule has 0 saturated carbocycles. The summed E-state index contributed by atoms with van der Waals surface area (Å²) in [5.74, 6) is -0.970. The molecule has 0 bridgehead atoms. The predicted molar refractivity (Wildman–Crippen MR) is 135 cm³/mol. The molecule has 1 aliphatic rings. The van der Waals surface area contributed by atoms with Crippen molar-refractivity contribution < 1.29 is 23.9 Å². The zero-order valence-corrected chi connectivity index (χ0v) is 20.5. The van der Waals surface area contributed by atoms with E-state index in [1.54, 1.807) is 0 Å². The Hall–Kier alpha value is -4.13. The van der Waals surface area contributed by atoms with Crippen LogP contribution >= 0.6 is 0 Å². The van der Waals surface area contributed by atoms with Crippen LogP contribution in [0.5, 0.6) is 0 Å². The van der Waals surface area contributed by atoms with Crippen molar-refractivity contribution in [2.24, 2.45) is 0 Å². The van der Waals surface area contributed by atoms with Crippen LogP contribution in [0.2, 0.25) is 0 Å². The number of aryl methyl sites for hydroxylation is 1. The van der Waals surface area contributed by atoms with Gasteiger partial charge in [0.15, 0.2) is 0 Å². The fourth-order valence-electron chi connectivity index (χ4n) is 4.31. The SMILES string of the molecule is COC(=O)[C@H](Cc1ccc(C)cc1)NC(=O)[C@@H]1Cc2ccccc2CN1C(=O)OCc1ccccc1. The van der Waals surface area contributed by atoms with Gasteiger partial charge in [-0.05, 0) is 29.2 Å². The van der Waals surface area contributed by atoms with Gasteiger partial charge in [0.05, 0.1) is 13.7 Å². The molecule has 0 saturated heterocycles. The van der Waals surface area contributed by atoms with Crippen molar-refractivity contribution in [1.29, 1.82) is 0 Å². The lowest BCUT2D eigenvalue weighted by Gasteiger charge is -2.35. The van der Waals surface area contributed by atoms with Crippen LogP contribution < -0.4 is 5.32 Å². The van der Waals surface area contributed by atoms with Gasteiger partial charge >= 0.3 is 12.1 Å². The maximum atomic E-state index is 13.5.